The lowest BCUT2D eigenvalue weighted by Crippen LogP contribution is -2.37. The van der Waals surface area contributed by atoms with Crippen LogP contribution in [0.15, 0.2) is 0 Å². The highest BCUT2D eigenvalue weighted by atomic mass is 16.6. The number of unbranched alkanes of at least 4 members (excludes halogenated alkanes) is 2. The average molecular weight is 229 g/mol. The Hall–Kier alpha value is -1.26. The minimum absolute atomic E-state index is 0.238. The summed E-state index contributed by atoms with van der Waals surface area (Å²) in [6.07, 6.45) is 2.61. The van der Waals surface area contributed by atoms with Gasteiger partial charge in [0.05, 0.1) is 12.6 Å². The average Bonchev–Trinajstić information content (AvgIpc) is 2.61. The van der Waals surface area contributed by atoms with Gasteiger partial charge in [-0.05, 0) is 13.3 Å². The summed E-state index contributed by atoms with van der Waals surface area (Å²) in [7, 11) is 0. The maximum atomic E-state index is 11.5. The number of cyclic esters (lactones) is 1. The molecule has 1 aliphatic rings. The standard InChI is InChI=1S/C11H19NO4/c1-3-5-6-7-8-9(10(13)15-4-2)16-11(14)12-8/h8-9H,3-7H2,1-2H3,(H,12,14)/t8-,9+/m1/s1. The van der Waals surface area contributed by atoms with Crippen LogP contribution in [0.2, 0.25) is 0 Å². The molecule has 2 atom stereocenters. The van der Waals surface area contributed by atoms with Gasteiger partial charge in [-0.25, -0.2) is 9.59 Å². The topological polar surface area (TPSA) is 64.6 Å². The Kier molecular flexibility index (Phi) is 5.08. The molecule has 0 spiro atoms. The highest BCUT2D eigenvalue weighted by Crippen LogP contribution is 2.16. The molecule has 0 saturated carbocycles. The van der Waals surface area contributed by atoms with Gasteiger partial charge >= 0.3 is 12.1 Å². The summed E-state index contributed by atoms with van der Waals surface area (Å²) in [4.78, 5) is 22.6. The SMILES string of the molecule is CCCCC[C@H]1NC(=O)O[C@@H]1C(=O)OCC. The van der Waals surface area contributed by atoms with E-state index in [1.165, 1.54) is 0 Å². The monoisotopic (exact) mass is 229 g/mol. The first kappa shape index (κ1) is 12.8. The molecule has 92 valence electrons. The molecule has 0 aromatic carbocycles. The third-order valence-corrected chi connectivity index (χ3v) is 2.54. The maximum absolute atomic E-state index is 11.5. The molecular weight excluding hydrogens is 210 g/mol. The fourth-order valence-corrected chi connectivity index (χ4v) is 1.73. The van der Waals surface area contributed by atoms with Gasteiger partial charge < -0.3 is 14.8 Å². The van der Waals surface area contributed by atoms with Crippen LogP contribution >= 0.6 is 0 Å². The summed E-state index contributed by atoms with van der Waals surface area (Å²) in [5.41, 5.74) is 0. The molecule has 0 aromatic heterocycles. The van der Waals surface area contributed by atoms with Crippen molar-refractivity contribution in [3.8, 4) is 0 Å². The van der Waals surface area contributed by atoms with Crippen LogP contribution < -0.4 is 5.32 Å². The number of nitrogens with one attached hydrogen (secondary N) is 1. The van der Waals surface area contributed by atoms with E-state index in [4.69, 9.17) is 9.47 Å². The Morgan fingerprint density at radius 2 is 2.19 bits per heavy atom. The van der Waals surface area contributed by atoms with Crippen molar-refractivity contribution in [2.75, 3.05) is 6.61 Å². The predicted octanol–water partition coefficient (Wildman–Crippen LogP) is 1.61. The number of carbonyl (C=O) groups is 2. The Bertz CT molecular complexity index is 254. The van der Waals surface area contributed by atoms with E-state index in [0.29, 0.717) is 6.61 Å². The van der Waals surface area contributed by atoms with Crippen LogP contribution in [0.5, 0.6) is 0 Å². The molecule has 1 saturated heterocycles. The molecule has 5 heteroatoms. The van der Waals surface area contributed by atoms with Gasteiger partial charge in [0.25, 0.3) is 0 Å². The van der Waals surface area contributed by atoms with Crippen molar-refractivity contribution in [1.29, 1.82) is 0 Å². The number of ether oxygens (including phenoxy) is 2. The summed E-state index contributed by atoms with van der Waals surface area (Å²) >= 11 is 0. The third kappa shape index (κ3) is 3.40. The molecule has 0 unspecified atom stereocenters. The van der Waals surface area contributed by atoms with E-state index >= 15 is 0 Å². The molecule has 0 aromatic rings. The van der Waals surface area contributed by atoms with Crippen molar-refractivity contribution in [3.05, 3.63) is 0 Å². The number of amides is 1. The van der Waals surface area contributed by atoms with Crippen molar-refractivity contribution >= 4 is 12.1 Å². The van der Waals surface area contributed by atoms with Gasteiger partial charge in [-0.3, -0.25) is 0 Å². The van der Waals surface area contributed by atoms with Crippen molar-refractivity contribution in [2.24, 2.45) is 0 Å². The lowest BCUT2D eigenvalue weighted by atomic mass is 10.0. The Labute approximate surface area is 95.5 Å². The lowest BCUT2D eigenvalue weighted by Gasteiger charge is -2.14. The molecule has 1 fully saturated rings. The smallest absolute Gasteiger partial charge is 0.408 e. The highest BCUT2D eigenvalue weighted by Gasteiger charge is 2.39. The number of esters is 1. The second-order valence-electron chi connectivity index (χ2n) is 3.82. The molecule has 16 heavy (non-hydrogen) atoms. The summed E-state index contributed by atoms with van der Waals surface area (Å²) < 4.78 is 9.75. The van der Waals surface area contributed by atoms with Gasteiger partial charge in [-0.15, -0.1) is 0 Å². The first-order valence-electron chi connectivity index (χ1n) is 5.82. The van der Waals surface area contributed by atoms with Crippen LogP contribution in [0.25, 0.3) is 0 Å². The van der Waals surface area contributed by atoms with Crippen LogP contribution in [-0.2, 0) is 14.3 Å². The molecule has 0 radical (unpaired) electrons. The second-order valence-corrected chi connectivity index (χ2v) is 3.82. The van der Waals surface area contributed by atoms with E-state index in [0.717, 1.165) is 25.7 Å². The Morgan fingerprint density at radius 3 is 2.81 bits per heavy atom. The van der Waals surface area contributed by atoms with Crippen LogP contribution in [0.1, 0.15) is 39.5 Å². The molecule has 1 N–H and O–H groups in total. The molecule has 1 rings (SSSR count). The van der Waals surface area contributed by atoms with E-state index < -0.39 is 18.2 Å². The van der Waals surface area contributed by atoms with Crippen LogP contribution in [0.4, 0.5) is 4.79 Å². The van der Waals surface area contributed by atoms with Crippen LogP contribution in [0.3, 0.4) is 0 Å². The Balaban J connectivity index is 2.45. The van der Waals surface area contributed by atoms with Gasteiger partial charge in [0, 0.05) is 0 Å². The molecular formula is C11H19NO4. The zero-order valence-electron chi connectivity index (χ0n) is 9.82. The molecule has 1 amide bonds. The highest BCUT2D eigenvalue weighted by molar-refractivity contribution is 5.83. The maximum Gasteiger partial charge on any atom is 0.408 e. The van der Waals surface area contributed by atoms with Crippen molar-refractivity contribution in [2.45, 2.75) is 51.7 Å². The number of hydrogen-bond donors (Lipinski definition) is 1. The summed E-state index contributed by atoms with van der Waals surface area (Å²) in [6.45, 7) is 4.13. The van der Waals surface area contributed by atoms with Gasteiger partial charge in [-0.1, -0.05) is 26.2 Å². The number of hydrogen-bond acceptors (Lipinski definition) is 4. The van der Waals surface area contributed by atoms with Gasteiger partial charge in [0.1, 0.15) is 0 Å². The largest absolute Gasteiger partial charge is 0.463 e. The summed E-state index contributed by atoms with van der Waals surface area (Å²) in [5.74, 6) is -0.456. The number of carbonyl (C=O) groups excluding carboxylic acids is 2. The van der Waals surface area contributed by atoms with Crippen LogP contribution in [0, 0.1) is 0 Å². The van der Waals surface area contributed by atoms with E-state index in [2.05, 4.69) is 12.2 Å². The third-order valence-electron chi connectivity index (χ3n) is 2.54. The zero-order chi connectivity index (χ0) is 12.0. The quantitative estimate of drug-likeness (QED) is 0.555. The fourth-order valence-electron chi connectivity index (χ4n) is 1.73. The molecule has 0 bridgehead atoms. The van der Waals surface area contributed by atoms with Crippen LogP contribution in [-0.4, -0.2) is 30.8 Å². The minimum Gasteiger partial charge on any atom is -0.463 e. The fraction of sp³-hybridized carbons (Fsp3) is 0.818. The summed E-state index contributed by atoms with van der Waals surface area (Å²) in [5, 5.41) is 2.64. The van der Waals surface area contributed by atoms with E-state index in [1.807, 2.05) is 0 Å². The normalized spacial score (nSPS) is 23.8. The predicted molar refractivity (Wildman–Crippen MR) is 58.0 cm³/mol. The minimum atomic E-state index is -0.774. The zero-order valence-corrected chi connectivity index (χ0v) is 9.82. The lowest BCUT2D eigenvalue weighted by molar-refractivity contribution is -0.152. The van der Waals surface area contributed by atoms with E-state index in [-0.39, 0.29) is 6.04 Å². The van der Waals surface area contributed by atoms with Gasteiger partial charge in [0.2, 0.25) is 6.10 Å². The number of rotatable bonds is 6. The van der Waals surface area contributed by atoms with Gasteiger partial charge in [-0.2, -0.15) is 0 Å². The van der Waals surface area contributed by atoms with Crippen molar-refractivity contribution in [3.63, 3.8) is 0 Å². The van der Waals surface area contributed by atoms with E-state index in [9.17, 15) is 9.59 Å². The van der Waals surface area contributed by atoms with Crippen molar-refractivity contribution < 1.29 is 19.1 Å². The van der Waals surface area contributed by atoms with Gasteiger partial charge in [0.15, 0.2) is 0 Å². The molecule has 1 aliphatic heterocycles. The molecule has 0 aliphatic carbocycles. The summed E-state index contributed by atoms with van der Waals surface area (Å²) in [6, 6.07) is -0.238. The second kappa shape index (κ2) is 6.35. The van der Waals surface area contributed by atoms with E-state index in [1.54, 1.807) is 6.92 Å². The first-order valence-corrected chi connectivity index (χ1v) is 5.82. The Morgan fingerprint density at radius 1 is 1.44 bits per heavy atom. The first-order chi connectivity index (χ1) is 7.69. The number of alkyl carbamates (subject to hydrolysis) is 1. The van der Waals surface area contributed by atoms with Crippen molar-refractivity contribution in [1.82, 2.24) is 5.32 Å². The molecule has 1 heterocycles. The molecule has 5 nitrogen and oxygen atoms in total.